The van der Waals surface area contributed by atoms with Crippen molar-refractivity contribution >= 4 is 37.6 Å². The molecular formula is C14H12BrNO5S. The number of carboxylic acids is 1. The van der Waals surface area contributed by atoms with Gasteiger partial charge in [0.1, 0.15) is 10.6 Å². The zero-order valence-electron chi connectivity index (χ0n) is 11.4. The van der Waals surface area contributed by atoms with Crippen LogP contribution in [0.4, 0.5) is 5.69 Å². The number of methoxy groups -OCH3 is 1. The smallest absolute Gasteiger partial charge is 0.335 e. The van der Waals surface area contributed by atoms with Gasteiger partial charge in [-0.1, -0.05) is 15.9 Å². The molecule has 2 aromatic rings. The van der Waals surface area contributed by atoms with Gasteiger partial charge >= 0.3 is 5.97 Å². The van der Waals surface area contributed by atoms with Crippen molar-refractivity contribution in [1.29, 1.82) is 0 Å². The molecule has 0 atom stereocenters. The number of rotatable bonds is 5. The van der Waals surface area contributed by atoms with Crippen LogP contribution in [0.3, 0.4) is 0 Å². The molecule has 2 aromatic carbocycles. The van der Waals surface area contributed by atoms with E-state index >= 15 is 0 Å². The number of ether oxygens (including phenoxy) is 1. The first kappa shape index (κ1) is 16.3. The lowest BCUT2D eigenvalue weighted by Gasteiger charge is -2.12. The Morgan fingerprint density at radius 2 is 1.82 bits per heavy atom. The van der Waals surface area contributed by atoms with Gasteiger partial charge in [-0.05, 0) is 42.5 Å². The van der Waals surface area contributed by atoms with Crippen molar-refractivity contribution in [2.24, 2.45) is 0 Å². The molecule has 0 aromatic heterocycles. The van der Waals surface area contributed by atoms with Gasteiger partial charge < -0.3 is 9.84 Å². The summed E-state index contributed by atoms with van der Waals surface area (Å²) >= 11 is 3.24. The summed E-state index contributed by atoms with van der Waals surface area (Å²) in [6.45, 7) is 0. The zero-order chi connectivity index (χ0) is 16.3. The van der Waals surface area contributed by atoms with Crippen molar-refractivity contribution in [3.8, 4) is 5.75 Å². The summed E-state index contributed by atoms with van der Waals surface area (Å²) in [5.74, 6) is -0.881. The van der Waals surface area contributed by atoms with Gasteiger partial charge in [0, 0.05) is 10.2 Å². The highest BCUT2D eigenvalue weighted by Gasteiger charge is 2.20. The number of anilines is 1. The molecule has 0 aliphatic heterocycles. The summed E-state index contributed by atoms with van der Waals surface area (Å²) in [6, 6.07) is 9.94. The van der Waals surface area contributed by atoms with E-state index < -0.39 is 16.0 Å². The second kappa shape index (κ2) is 6.37. The first-order chi connectivity index (χ1) is 10.3. The Labute approximate surface area is 135 Å². The minimum absolute atomic E-state index is 0.0134. The lowest BCUT2D eigenvalue weighted by molar-refractivity contribution is 0.0697. The molecule has 8 heteroatoms. The standard InChI is InChI=1S/C14H12BrNO5S/c1-21-12-8-10(15)4-7-13(12)22(19,20)16-11-5-2-9(3-6-11)14(17)18/h2-8,16H,1H3,(H,17,18). The number of hydrogen-bond donors (Lipinski definition) is 2. The summed E-state index contributed by atoms with van der Waals surface area (Å²) < 4.78 is 32.9. The van der Waals surface area contributed by atoms with Gasteiger partial charge in [0.25, 0.3) is 10.0 Å². The third kappa shape index (κ3) is 3.58. The molecule has 0 amide bonds. The summed E-state index contributed by atoms with van der Waals surface area (Å²) in [5, 5.41) is 8.82. The maximum atomic E-state index is 12.4. The number of benzene rings is 2. The highest BCUT2D eigenvalue weighted by molar-refractivity contribution is 9.10. The lowest BCUT2D eigenvalue weighted by atomic mass is 10.2. The van der Waals surface area contributed by atoms with Crippen LogP contribution in [0.15, 0.2) is 51.8 Å². The summed E-state index contributed by atoms with van der Waals surface area (Å²) in [5.41, 5.74) is 0.333. The Kier molecular flexibility index (Phi) is 4.72. The SMILES string of the molecule is COc1cc(Br)ccc1S(=O)(=O)Nc1ccc(C(=O)O)cc1. The first-order valence-electron chi connectivity index (χ1n) is 6.03. The van der Waals surface area contributed by atoms with E-state index in [1.165, 1.54) is 37.4 Å². The number of carboxylic acid groups (broad SMARTS) is 1. The fraction of sp³-hybridized carbons (Fsp3) is 0.0714. The van der Waals surface area contributed by atoms with E-state index in [-0.39, 0.29) is 21.9 Å². The van der Waals surface area contributed by atoms with Crippen molar-refractivity contribution in [2.45, 2.75) is 4.90 Å². The second-order valence-electron chi connectivity index (χ2n) is 4.28. The van der Waals surface area contributed by atoms with Crippen molar-refractivity contribution < 1.29 is 23.1 Å². The van der Waals surface area contributed by atoms with E-state index in [9.17, 15) is 13.2 Å². The van der Waals surface area contributed by atoms with Gasteiger partial charge in [0.15, 0.2) is 0 Å². The van der Waals surface area contributed by atoms with Crippen molar-refractivity contribution in [3.05, 3.63) is 52.5 Å². The molecule has 22 heavy (non-hydrogen) atoms. The van der Waals surface area contributed by atoms with Crippen LogP contribution in [0.2, 0.25) is 0 Å². The Balaban J connectivity index is 2.33. The van der Waals surface area contributed by atoms with Gasteiger partial charge in [-0.15, -0.1) is 0 Å². The van der Waals surface area contributed by atoms with Crippen molar-refractivity contribution in [2.75, 3.05) is 11.8 Å². The molecule has 0 aliphatic rings. The van der Waals surface area contributed by atoms with Crippen LogP contribution < -0.4 is 9.46 Å². The normalized spacial score (nSPS) is 11.0. The van der Waals surface area contributed by atoms with Gasteiger partial charge in [-0.2, -0.15) is 0 Å². The molecule has 0 spiro atoms. The van der Waals surface area contributed by atoms with Crippen LogP contribution in [0, 0.1) is 0 Å². The minimum atomic E-state index is -3.85. The van der Waals surface area contributed by atoms with Gasteiger partial charge in [-0.25, -0.2) is 13.2 Å². The van der Waals surface area contributed by atoms with Crippen molar-refractivity contribution in [1.82, 2.24) is 0 Å². The molecule has 0 radical (unpaired) electrons. The Bertz CT molecular complexity index is 802. The second-order valence-corrected chi connectivity index (χ2v) is 6.85. The number of aromatic carboxylic acids is 1. The molecule has 0 heterocycles. The third-order valence-electron chi connectivity index (χ3n) is 2.80. The predicted octanol–water partition coefficient (Wildman–Crippen LogP) is 2.96. The molecule has 116 valence electrons. The highest BCUT2D eigenvalue weighted by atomic mass is 79.9. The maximum absolute atomic E-state index is 12.4. The largest absolute Gasteiger partial charge is 0.495 e. The molecule has 2 N–H and O–H groups in total. The molecule has 0 bridgehead atoms. The third-order valence-corrected chi connectivity index (χ3v) is 4.71. The number of sulfonamides is 1. The fourth-order valence-corrected chi connectivity index (χ4v) is 3.31. The number of carbonyl (C=O) groups is 1. The molecule has 0 saturated carbocycles. The maximum Gasteiger partial charge on any atom is 0.335 e. The van der Waals surface area contributed by atoms with E-state index in [2.05, 4.69) is 20.7 Å². The fourth-order valence-electron chi connectivity index (χ4n) is 1.75. The van der Waals surface area contributed by atoms with Crippen LogP contribution in [0.1, 0.15) is 10.4 Å². The molecule has 0 saturated heterocycles. The summed E-state index contributed by atoms with van der Waals surface area (Å²) in [6.07, 6.45) is 0. The highest BCUT2D eigenvalue weighted by Crippen LogP contribution is 2.28. The predicted molar refractivity (Wildman–Crippen MR) is 84.9 cm³/mol. The number of halogens is 1. The van der Waals surface area contributed by atoms with Crippen LogP contribution in [0.5, 0.6) is 5.75 Å². The quantitative estimate of drug-likeness (QED) is 0.824. The van der Waals surface area contributed by atoms with Crippen LogP contribution >= 0.6 is 15.9 Å². The molecule has 0 aliphatic carbocycles. The monoisotopic (exact) mass is 385 g/mol. The van der Waals surface area contributed by atoms with E-state index in [4.69, 9.17) is 9.84 Å². The van der Waals surface area contributed by atoms with Gasteiger partial charge in [0.05, 0.1) is 12.7 Å². The van der Waals surface area contributed by atoms with Crippen molar-refractivity contribution in [3.63, 3.8) is 0 Å². The van der Waals surface area contributed by atoms with Crippen LogP contribution in [-0.4, -0.2) is 26.6 Å². The van der Waals surface area contributed by atoms with E-state index in [1.54, 1.807) is 12.1 Å². The Morgan fingerprint density at radius 3 is 2.36 bits per heavy atom. The van der Waals surface area contributed by atoms with Gasteiger partial charge in [-0.3, -0.25) is 4.72 Å². The van der Waals surface area contributed by atoms with Crippen LogP contribution in [-0.2, 0) is 10.0 Å². The first-order valence-corrected chi connectivity index (χ1v) is 8.31. The molecule has 0 fully saturated rings. The van der Waals surface area contributed by atoms with E-state index in [1.807, 2.05) is 0 Å². The Hall–Kier alpha value is -2.06. The molecular weight excluding hydrogens is 374 g/mol. The zero-order valence-corrected chi connectivity index (χ0v) is 13.8. The Morgan fingerprint density at radius 1 is 1.18 bits per heavy atom. The topological polar surface area (TPSA) is 92.7 Å². The average Bonchev–Trinajstić information content (AvgIpc) is 2.46. The number of hydrogen-bond acceptors (Lipinski definition) is 4. The summed E-state index contributed by atoms with van der Waals surface area (Å²) in [4.78, 5) is 10.8. The lowest BCUT2D eigenvalue weighted by Crippen LogP contribution is -2.14. The molecule has 6 nitrogen and oxygen atoms in total. The molecule has 2 rings (SSSR count). The van der Waals surface area contributed by atoms with Crippen LogP contribution in [0.25, 0.3) is 0 Å². The summed E-state index contributed by atoms with van der Waals surface area (Å²) in [7, 11) is -2.47. The van der Waals surface area contributed by atoms with Gasteiger partial charge in [0.2, 0.25) is 0 Å². The van der Waals surface area contributed by atoms with E-state index in [0.717, 1.165) is 0 Å². The molecule has 0 unspecified atom stereocenters. The number of nitrogens with one attached hydrogen (secondary N) is 1. The minimum Gasteiger partial charge on any atom is -0.495 e. The van der Waals surface area contributed by atoms with E-state index in [0.29, 0.717) is 4.47 Å². The average molecular weight is 386 g/mol.